The lowest BCUT2D eigenvalue weighted by Gasteiger charge is -2.33. The first-order valence-electron chi connectivity index (χ1n) is 8.80. The molecule has 1 aromatic heterocycles. The van der Waals surface area contributed by atoms with Gasteiger partial charge in [0.1, 0.15) is 0 Å². The van der Waals surface area contributed by atoms with E-state index in [1.54, 1.807) is 18.0 Å². The number of aliphatic hydroxyl groups is 1. The molecule has 1 fully saturated rings. The molecule has 0 unspecified atom stereocenters. The maximum atomic E-state index is 12.1. The molecule has 5 nitrogen and oxygen atoms in total. The number of amides is 1. The molecular formula is C20H25N3O2. The van der Waals surface area contributed by atoms with Gasteiger partial charge >= 0.3 is 0 Å². The maximum absolute atomic E-state index is 12.1. The van der Waals surface area contributed by atoms with E-state index in [9.17, 15) is 4.79 Å². The van der Waals surface area contributed by atoms with Crippen molar-refractivity contribution in [3.8, 4) is 0 Å². The number of aromatic nitrogens is 1. The zero-order valence-corrected chi connectivity index (χ0v) is 14.6. The largest absolute Gasteiger partial charge is 0.396 e. The molecule has 1 aromatic carbocycles. The van der Waals surface area contributed by atoms with E-state index < -0.39 is 0 Å². The third-order valence-corrected chi connectivity index (χ3v) is 4.60. The molecular weight excluding hydrogens is 314 g/mol. The van der Waals surface area contributed by atoms with Crippen molar-refractivity contribution in [2.75, 3.05) is 24.6 Å². The van der Waals surface area contributed by atoms with Crippen LogP contribution in [-0.4, -0.2) is 41.7 Å². The summed E-state index contributed by atoms with van der Waals surface area (Å²) in [7, 11) is 0. The van der Waals surface area contributed by atoms with Crippen LogP contribution < -0.4 is 10.2 Å². The molecule has 2 heterocycles. The van der Waals surface area contributed by atoms with Gasteiger partial charge in [-0.3, -0.25) is 9.78 Å². The van der Waals surface area contributed by atoms with Gasteiger partial charge in [0.25, 0.3) is 0 Å². The zero-order chi connectivity index (χ0) is 17.6. The van der Waals surface area contributed by atoms with Gasteiger partial charge in [-0.25, -0.2) is 0 Å². The van der Waals surface area contributed by atoms with Crippen molar-refractivity contribution in [3.05, 3.63) is 59.4 Å². The first kappa shape index (κ1) is 17.6. The third kappa shape index (κ3) is 4.65. The molecule has 25 heavy (non-hydrogen) atoms. The topological polar surface area (TPSA) is 65.5 Å². The number of rotatable bonds is 7. The molecule has 1 aliphatic heterocycles. The highest BCUT2D eigenvalue weighted by Gasteiger charge is 2.22. The van der Waals surface area contributed by atoms with Crippen LogP contribution in [0.3, 0.4) is 0 Å². The highest BCUT2D eigenvalue weighted by atomic mass is 16.3. The Kier molecular flexibility index (Phi) is 5.79. The SMILES string of the molecule is CC(=O)N(C[C@@H]1CCN1)c1cncc(Cc2cccc(CCO)c2)c1. The van der Waals surface area contributed by atoms with E-state index in [1.807, 2.05) is 24.4 Å². The van der Waals surface area contributed by atoms with Crippen molar-refractivity contribution in [1.82, 2.24) is 10.3 Å². The molecule has 2 N–H and O–H groups in total. The summed E-state index contributed by atoms with van der Waals surface area (Å²) in [4.78, 5) is 18.2. The Labute approximate surface area is 148 Å². The van der Waals surface area contributed by atoms with Crippen LogP contribution in [0.2, 0.25) is 0 Å². The van der Waals surface area contributed by atoms with Crippen LogP contribution in [-0.2, 0) is 17.6 Å². The Morgan fingerprint density at radius 3 is 2.76 bits per heavy atom. The van der Waals surface area contributed by atoms with Gasteiger partial charge in [0.15, 0.2) is 0 Å². The van der Waals surface area contributed by atoms with E-state index in [-0.39, 0.29) is 12.5 Å². The minimum Gasteiger partial charge on any atom is -0.396 e. The number of hydrogen-bond acceptors (Lipinski definition) is 4. The van der Waals surface area contributed by atoms with Gasteiger partial charge in [-0.1, -0.05) is 24.3 Å². The fourth-order valence-electron chi connectivity index (χ4n) is 3.12. The fourth-order valence-corrected chi connectivity index (χ4v) is 3.12. The van der Waals surface area contributed by atoms with Gasteiger partial charge in [-0.15, -0.1) is 0 Å². The van der Waals surface area contributed by atoms with E-state index in [4.69, 9.17) is 5.11 Å². The molecule has 0 saturated carbocycles. The van der Waals surface area contributed by atoms with Crippen molar-refractivity contribution < 1.29 is 9.90 Å². The summed E-state index contributed by atoms with van der Waals surface area (Å²) in [6, 6.07) is 10.7. The number of nitrogens with one attached hydrogen (secondary N) is 1. The van der Waals surface area contributed by atoms with Crippen LogP contribution in [0.15, 0.2) is 42.7 Å². The van der Waals surface area contributed by atoms with Crippen LogP contribution in [0.5, 0.6) is 0 Å². The Morgan fingerprint density at radius 1 is 1.28 bits per heavy atom. The second-order valence-corrected chi connectivity index (χ2v) is 6.59. The van der Waals surface area contributed by atoms with Crippen LogP contribution in [0.4, 0.5) is 5.69 Å². The van der Waals surface area contributed by atoms with E-state index >= 15 is 0 Å². The van der Waals surface area contributed by atoms with E-state index in [1.165, 1.54) is 5.56 Å². The van der Waals surface area contributed by atoms with Gasteiger partial charge in [-0.2, -0.15) is 0 Å². The lowest BCUT2D eigenvalue weighted by atomic mass is 10.0. The number of hydrogen-bond donors (Lipinski definition) is 2. The fraction of sp³-hybridized carbons (Fsp3) is 0.400. The lowest BCUT2D eigenvalue weighted by molar-refractivity contribution is -0.116. The minimum atomic E-state index is 0.0394. The second kappa shape index (κ2) is 8.23. The molecule has 3 rings (SSSR count). The molecule has 1 amide bonds. The monoisotopic (exact) mass is 339 g/mol. The number of carbonyl (C=O) groups excluding carboxylic acids is 1. The normalized spacial score (nSPS) is 16.3. The van der Waals surface area contributed by atoms with Crippen LogP contribution >= 0.6 is 0 Å². The lowest BCUT2D eigenvalue weighted by Crippen LogP contribution is -2.51. The van der Waals surface area contributed by atoms with Gasteiger partial charge in [0.05, 0.1) is 11.9 Å². The molecule has 2 aromatic rings. The summed E-state index contributed by atoms with van der Waals surface area (Å²) in [6.07, 6.45) is 6.13. The van der Waals surface area contributed by atoms with Gasteiger partial charge in [0.2, 0.25) is 5.91 Å². The Bertz CT molecular complexity index is 728. The minimum absolute atomic E-state index is 0.0394. The summed E-state index contributed by atoms with van der Waals surface area (Å²) >= 11 is 0. The molecule has 0 aliphatic carbocycles. The molecule has 0 spiro atoms. The molecule has 132 valence electrons. The number of anilines is 1. The van der Waals surface area contributed by atoms with Crippen molar-refractivity contribution >= 4 is 11.6 Å². The summed E-state index contributed by atoms with van der Waals surface area (Å²) in [5.74, 6) is 0.0394. The Morgan fingerprint density at radius 2 is 2.08 bits per heavy atom. The summed E-state index contributed by atoms with van der Waals surface area (Å²) in [5.41, 5.74) is 4.24. The van der Waals surface area contributed by atoms with Crippen LogP contribution in [0, 0.1) is 0 Å². The highest BCUT2D eigenvalue weighted by molar-refractivity contribution is 5.91. The smallest absolute Gasteiger partial charge is 0.223 e. The third-order valence-electron chi connectivity index (χ3n) is 4.60. The second-order valence-electron chi connectivity index (χ2n) is 6.59. The summed E-state index contributed by atoms with van der Waals surface area (Å²) in [6.45, 7) is 3.47. The molecule has 1 saturated heterocycles. The van der Waals surface area contributed by atoms with E-state index in [0.29, 0.717) is 19.0 Å². The predicted molar refractivity (Wildman–Crippen MR) is 98.7 cm³/mol. The van der Waals surface area contributed by atoms with Crippen LogP contribution in [0.25, 0.3) is 0 Å². The van der Waals surface area contributed by atoms with Crippen molar-refractivity contribution in [2.24, 2.45) is 0 Å². The predicted octanol–water partition coefficient (Wildman–Crippen LogP) is 1.92. The van der Waals surface area contributed by atoms with Crippen molar-refractivity contribution in [1.29, 1.82) is 0 Å². The average molecular weight is 339 g/mol. The standard InChI is InChI=1S/C20H25N3O2/c1-15(25)23(14-19-5-7-22-19)20-11-18(12-21-13-20)10-17-4-2-3-16(9-17)6-8-24/h2-4,9,11-13,19,22,24H,5-8,10,14H2,1H3/t19-/m0/s1. The number of carbonyl (C=O) groups is 1. The van der Waals surface area contributed by atoms with E-state index in [0.717, 1.165) is 36.2 Å². The average Bonchev–Trinajstić information content (AvgIpc) is 2.54. The summed E-state index contributed by atoms with van der Waals surface area (Å²) < 4.78 is 0. The summed E-state index contributed by atoms with van der Waals surface area (Å²) in [5, 5.41) is 12.4. The first-order valence-corrected chi connectivity index (χ1v) is 8.80. The van der Waals surface area contributed by atoms with E-state index in [2.05, 4.69) is 22.4 Å². The number of benzene rings is 1. The van der Waals surface area contributed by atoms with Crippen molar-refractivity contribution in [3.63, 3.8) is 0 Å². The quantitative estimate of drug-likeness (QED) is 0.809. The first-order chi connectivity index (χ1) is 12.2. The molecule has 0 bridgehead atoms. The molecule has 1 aliphatic rings. The van der Waals surface area contributed by atoms with Crippen LogP contribution in [0.1, 0.15) is 30.0 Å². The Balaban J connectivity index is 1.75. The van der Waals surface area contributed by atoms with Gasteiger partial charge < -0.3 is 15.3 Å². The number of nitrogens with zero attached hydrogens (tertiary/aromatic N) is 2. The highest BCUT2D eigenvalue weighted by Crippen LogP contribution is 2.20. The van der Waals surface area contributed by atoms with Gasteiger partial charge in [-0.05, 0) is 48.6 Å². The zero-order valence-electron chi connectivity index (χ0n) is 14.6. The van der Waals surface area contributed by atoms with Crippen molar-refractivity contribution in [2.45, 2.75) is 32.2 Å². The Hall–Kier alpha value is -2.24. The molecule has 0 radical (unpaired) electrons. The number of aliphatic hydroxyl groups excluding tert-OH is 1. The molecule has 5 heteroatoms. The van der Waals surface area contributed by atoms with Gasteiger partial charge in [0, 0.05) is 32.3 Å². The number of pyridine rings is 1. The molecule has 1 atom stereocenters. The maximum Gasteiger partial charge on any atom is 0.223 e.